The third-order valence-electron chi connectivity index (χ3n) is 9.29. The number of rotatable bonds is 11. The summed E-state index contributed by atoms with van der Waals surface area (Å²) in [7, 11) is 0. The van der Waals surface area contributed by atoms with Crippen LogP contribution < -0.4 is 4.90 Å². The molecular formula is C34H41N3O4S. The Morgan fingerprint density at radius 2 is 1.64 bits per heavy atom. The second kappa shape index (κ2) is 11.7. The van der Waals surface area contributed by atoms with Crippen molar-refractivity contribution in [2.75, 3.05) is 24.6 Å². The van der Waals surface area contributed by atoms with E-state index in [0.717, 1.165) is 11.3 Å². The summed E-state index contributed by atoms with van der Waals surface area (Å²) in [6.45, 7) is 14.1. The summed E-state index contributed by atoms with van der Waals surface area (Å²) >= 11 is 1.64. The number of thioether (sulfide) groups is 1. The molecule has 0 aliphatic carbocycles. The van der Waals surface area contributed by atoms with E-state index in [1.807, 2.05) is 74.5 Å². The maximum absolute atomic E-state index is 14.8. The number of aliphatic hydroxyl groups excluding tert-OH is 1. The lowest BCUT2D eigenvalue weighted by Gasteiger charge is -2.40. The summed E-state index contributed by atoms with van der Waals surface area (Å²) in [5.41, 5.74) is 1.51. The minimum atomic E-state index is -0.830. The molecule has 2 aromatic carbocycles. The minimum absolute atomic E-state index is 0.120. The van der Waals surface area contributed by atoms with Gasteiger partial charge in [-0.25, -0.2) is 0 Å². The average molecular weight is 588 g/mol. The first-order chi connectivity index (χ1) is 20.1. The number of amides is 3. The molecule has 0 saturated carbocycles. The molecular weight excluding hydrogens is 546 g/mol. The number of para-hydroxylation sites is 1. The predicted octanol–water partition coefficient (Wildman–Crippen LogP) is 4.84. The van der Waals surface area contributed by atoms with Crippen molar-refractivity contribution in [3.05, 3.63) is 91.5 Å². The second-order valence-electron chi connectivity index (χ2n) is 12.0. The highest BCUT2D eigenvalue weighted by molar-refractivity contribution is 8.02. The molecule has 222 valence electrons. The highest BCUT2D eigenvalue weighted by Crippen LogP contribution is 2.72. The Balaban J connectivity index is 1.65. The number of carbonyl (C=O) groups excluding carboxylic acids is 3. The first kappa shape index (κ1) is 30.1. The van der Waals surface area contributed by atoms with E-state index < -0.39 is 33.4 Å². The third-order valence-corrected chi connectivity index (χ3v) is 11.3. The Bertz CT molecular complexity index is 1350. The lowest BCUT2D eigenvalue weighted by molar-refractivity contribution is -0.146. The van der Waals surface area contributed by atoms with Crippen LogP contribution in [0, 0.1) is 11.8 Å². The number of hydrogen-bond donors (Lipinski definition) is 1. The summed E-state index contributed by atoms with van der Waals surface area (Å²) in [6.07, 6.45) is 4.76. The first-order valence-electron chi connectivity index (χ1n) is 14.7. The van der Waals surface area contributed by atoms with Crippen LogP contribution in [0.2, 0.25) is 0 Å². The topological polar surface area (TPSA) is 81.2 Å². The van der Waals surface area contributed by atoms with Crippen LogP contribution in [-0.2, 0) is 14.4 Å². The van der Waals surface area contributed by atoms with Gasteiger partial charge in [0.25, 0.3) is 0 Å². The van der Waals surface area contributed by atoms with Crippen molar-refractivity contribution in [2.45, 2.75) is 61.2 Å². The van der Waals surface area contributed by atoms with Crippen LogP contribution in [0.1, 0.15) is 45.2 Å². The number of benzene rings is 2. The third kappa shape index (κ3) is 4.69. The summed E-state index contributed by atoms with van der Waals surface area (Å²) in [4.78, 5) is 49.1. The molecule has 2 bridgehead atoms. The van der Waals surface area contributed by atoms with Crippen molar-refractivity contribution in [1.82, 2.24) is 9.80 Å². The first-order valence-corrected chi connectivity index (χ1v) is 15.5. The Hall–Kier alpha value is -3.36. The van der Waals surface area contributed by atoms with Crippen LogP contribution in [0.5, 0.6) is 0 Å². The molecule has 2 unspecified atom stereocenters. The van der Waals surface area contributed by atoms with Crippen molar-refractivity contribution < 1.29 is 19.5 Å². The van der Waals surface area contributed by atoms with Crippen molar-refractivity contribution in [1.29, 1.82) is 0 Å². The monoisotopic (exact) mass is 587 g/mol. The van der Waals surface area contributed by atoms with E-state index in [9.17, 15) is 19.5 Å². The molecule has 1 N–H and O–H groups in total. The van der Waals surface area contributed by atoms with Gasteiger partial charge in [-0.3, -0.25) is 14.4 Å². The summed E-state index contributed by atoms with van der Waals surface area (Å²) in [5, 5.41) is 10.7. The highest BCUT2D eigenvalue weighted by atomic mass is 32.2. The molecule has 42 heavy (non-hydrogen) atoms. The van der Waals surface area contributed by atoms with Gasteiger partial charge in [0, 0.05) is 29.6 Å². The molecule has 0 aromatic heterocycles. The normalized spacial score (nSPS) is 28.5. The molecule has 3 saturated heterocycles. The van der Waals surface area contributed by atoms with Crippen LogP contribution in [0.3, 0.4) is 0 Å². The zero-order valence-corrected chi connectivity index (χ0v) is 25.5. The molecule has 6 atom stereocenters. The van der Waals surface area contributed by atoms with Crippen molar-refractivity contribution in [2.24, 2.45) is 11.8 Å². The summed E-state index contributed by atoms with van der Waals surface area (Å²) in [5.74, 6) is -1.86. The van der Waals surface area contributed by atoms with Gasteiger partial charge in [-0.2, -0.15) is 0 Å². The van der Waals surface area contributed by atoms with Gasteiger partial charge in [-0.05, 0) is 51.3 Å². The predicted molar refractivity (Wildman–Crippen MR) is 168 cm³/mol. The van der Waals surface area contributed by atoms with E-state index in [2.05, 4.69) is 20.1 Å². The smallest absolute Gasteiger partial charge is 0.247 e. The van der Waals surface area contributed by atoms with Gasteiger partial charge in [-0.15, -0.1) is 24.9 Å². The Kier molecular flexibility index (Phi) is 8.41. The fourth-order valence-electron chi connectivity index (χ4n) is 7.46. The molecule has 3 fully saturated rings. The van der Waals surface area contributed by atoms with Gasteiger partial charge in [0.05, 0.1) is 29.2 Å². The number of anilines is 1. The average Bonchev–Trinajstić information content (AvgIpc) is 3.56. The quantitative estimate of drug-likeness (QED) is 0.381. The van der Waals surface area contributed by atoms with Gasteiger partial charge in [-0.1, -0.05) is 60.7 Å². The SMILES string of the molecule is C=CCN(C(=O)[C@@H]1[C@H]2C(=O)N([C@H](CO)c3ccccc3)C(C(=O)N(CC=C)C(C)C)C23CC[C@@]1(C)S3)c1ccccc1. The Morgan fingerprint density at radius 3 is 2.21 bits per heavy atom. The molecule has 8 heteroatoms. The molecule has 5 rings (SSSR count). The van der Waals surface area contributed by atoms with Gasteiger partial charge < -0.3 is 19.8 Å². The number of aliphatic hydroxyl groups is 1. The van der Waals surface area contributed by atoms with E-state index in [4.69, 9.17) is 0 Å². The molecule has 3 amide bonds. The maximum Gasteiger partial charge on any atom is 0.247 e. The number of likely N-dealkylation sites (tertiary alicyclic amines) is 1. The van der Waals surface area contributed by atoms with E-state index >= 15 is 0 Å². The van der Waals surface area contributed by atoms with Crippen LogP contribution in [0.4, 0.5) is 5.69 Å². The summed E-state index contributed by atoms with van der Waals surface area (Å²) in [6, 6.07) is 17.2. The number of fused-ring (bicyclic) bond motifs is 1. The highest BCUT2D eigenvalue weighted by Gasteiger charge is 2.78. The Morgan fingerprint density at radius 1 is 1.02 bits per heavy atom. The van der Waals surface area contributed by atoms with Gasteiger partial charge in [0.15, 0.2) is 0 Å². The van der Waals surface area contributed by atoms with Crippen molar-refractivity contribution in [3.63, 3.8) is 0 Å². The second-order valence-corrected chi connectivity index (χ2v) is 13.9. The number of nitrogens with zero attached hydrogens (tertiary/aromatic N) is 3. The van der Waals surface area contributed by atoms with Crippen LogP contribution in [0.25, 0.3) is 0 Å². The molecule has 0 radical (unpaired) electrons. The molecule has 3 heterocycles. The van der Waals surface area contributed by atoms with Crippen LogP contribution in [0.15, 0.2) is 86.0 Å². The van der Waals surface area contributed by atoms with Gasteiger partial charge in [0.1, 0.15) is 6.04 Å². The van der Waals surface area contributed by atoms with Crippen LogP contribution in [-0.4, -0.2) is 73.9 Å². The van der Waals surface area contributed by atoms with E-state index in [1.165, 1.54) is 0 Å². The standard InChI is InChI=1S/C34H41N3O4S/c1-6-20-35(23(3)4)32(41)29-34-19-18-33(5,42-34)27(30(39)36(21-7-2)25-16-12-9-13-17-25)28(34)31(40)37(29)26(22-38)24-14-10-8-11-15-24/h6-17,23,26-29,38H,1-2,18-22H2,3-5H3/t26-,27+,28+,29?,33-,34?/m1/s1. The van der Waals surface area contributed by atoms with Crippen molar-refractivity contribution >= 4 is 35.2 Å². The minimum Gasteiger partial charge on any atom is -0.394 e. The van der Waals surface area contributed by atoms with E-state index in [0.29, 0.717) is 25.9 Å². The molecule has 1 spiro atoms. The maximum atomic E-state index is 14.8. The van der Waals surface area contributed by atoms with Crippen molar-refractivity contribution in [3.8, 4) is 0 Å². The van der Waals surface area contributed by atoms with Gasteiger partial charge in [0.2, 0.25) is 17.7 Å². The largest absolute Gasteiger partial charge is 0.394 e. The fourth-order valence-corrected chi connectivity index (χ4v) is 9.79. The van der Waals surface area contributed by atoms with E-state index in [-0.39, 0.29) is 30.4 Å². The lowest BCUT2D eigenvalue weighted by Crippen LogP contribution is -2.57. The zero-order valence-electron chi connectivity index (χ0n) is 24.7. The lowest BCUT2D eigenvalue weighted by atomic mass is 9.66. The zero-order chi connectivity index (χ0) is 30.2. The van der Waals surface area contributed by atoms with E-state index in [1.54, 1.807) is 38.6 Å². The van der Waals surface area contributed by atoms with Crippen LogP contribution >= 0.6 is 11.8 Å². The van der Waals surface area contributed by atoms with Gasteiger partial charge >= 0.3 is 0 Å². The molecule has 3 aliphatic rings. The molecule has 7 nitrogen and oxygen atoms in total. The summed E-state index contributed by atoms with van der Waals surface area (Å²) < 4.78 is -1.31. The Labute approximate surface area is 253 Å². The number of hydrogen-bond acceptors (Lipinski definition) is 5. The fraction of sp³-hybridized carbons (Fsp3) is 0.441. The molecule has 2 aromatic rings. The molecule has 3 aliphatic heterocycles. The number of carbonyl (C=O) groups is 3.